The van der Waals surface area contributed by atoms with Crippen molar-refractivity contribution >= 4 is 27.9 Å². The van der Waals surface area contributed by atoms with Crippen LogP contribution in [0.4, 0.5) is 5.69 Å². The number of hydrogen-bond donors (Lipinski definition) is 1. The van der Waals surface area contributed by atoms with Gasteiger partial charge in [0.25, 0.3) is 5.91 Å². The molecule has 30 heavy (non-hydrogen) atoms. The molecule has 0 aliphatic heterocycles. The summed E-state index contributed by atoms with van der Waals surface area (Å²) in [6, 6.07) is 10.8. The highest BCUT2D eigenvalue weighted by Gasteiger charge is 2.17. The summed E-state index contributed by atoms with van der Waals surface area (Å²) in [5, 5.41) is 2.92. The van der Waals surface area contributed by atoms with Gasteiger partial charge in [-0.05, 0) is 31.2 Å². The normalized spacial score (nSPS) is 10.8. The van der Waals surface area contributed by atoms with Gasteiger partial charge in [-0.3, -0.25) is 9.20 Å². The first kappa shape index (κ1) is 19.8. The molecule has 0 spiro atoms. The van der Waals surface area contributed by atoms with E-state index in [0.717, 1.165) is 16.2 Å². The molecule has 0 aliphatic rings. The van der Waals surface area contributed by atoms with E-state index in [-0.39, 0.29) is 5.91 Å². The first-order chi connectivity index (χ1) is 14.5. The van der Waals surface area contributed by atoms with Crippen molar-refractivity contribution in [2.75, 3.05) is 26.6 Å². The van der Waals surface area contributed by atoms with Crippen LogP contribution in [0.2, 0.25) is 0 Å². The van der Waals surface area contributed by atoms with Gasteiger partial charge in [0, 0.05) is 34.1 Å². The van der Waals surface area contributed by atoms with E-state index in [0.29, 0.717) is 28.5 Å². The van der Waals surface area contributed by atoms with E-state index in [1.165, 1.54) is 26.2 Å². The summed E-state index contributed by atoms with van der Waals surface area (Å²) in [5.74, 6) is 0.995. The molecule has 4 aromatic rings. The smallest absolute Gasteiger partial charge is 0.255 e. The molecule has 8 heteroatoms. The van der Waals surface area contributed by atoms with Crippen LogP contribution in [0.25, 0.3) is 16.2 Å². The molecular formula is C22H21N3O4S. The Hall–Kier alpha value is -3.52. The second-order valence-electron chi connectivity index (χ2n) is 6.61. The zero-order valence-corrected chi connectivity index (χ0v) is 17.9. The number of aryl methyl sites for hydroxylation is 1. The van der Waals surface area contributed by atoms with E-state index >= 15 is 0 Å². The van der Waals surface area contributed by atoms with Crippen LogP contribution in [-0.4, -0.2) is 36.6 Å². The van der Waals surface area contributed by atoms with Crippen molar-refractivity contribution in [1.29, 1.82) is 0 Å². The third-order valence-electron chi connectivity index (χ3n) is 4.61. The number of imidazole rings is 1. The van der Waals surface area contributed by atoms with Crippen molar-refractivity contribution in [1.82, 2.24) is 9.38 Å². The van der Waals surface area contributed by atoms with Crippen LogP contribution in [-0.2, 0) is 0 Å². The first-order valence-electron chi connectivity index (χ1n) is 9.19. The maximum absolute atomic E-state index is 12.9. The molecule has 0 saturated heterocycles. The predicted octanol–water partition coefficient (Wildman–Crippen LogP) is 4.65. The van der Waals surface area contributed by atoms with Crippen molar-refractivity contribution in [3.05, 3.63) is 59.2 Å². The third-order valence-corrected chi connectivity index (χ3v) is 5.53. The summed E-state index contributed by atoms with van der Waals surface area (Å²) in [4.78, 5) is 19.7. The van der Waals surface area contributed by atoms with Crippen molar-refractivity contribution in [2.24, 2.45) is 0 Å². The number of aromatic nitrogens is 2. The number of anilines is 1. The van der Waals surface area contributed by atoms with Gasteiger partial charge in [-0.15, -0.1) is 11.3 Å². The highest BCUT2D eigenvalue weighted by atomic mass is 32.1. The van der Waals surface area contributed by atoms with Gasteiger partial charge in [0.1, 0.15) is 0 Å². The van der Waals surface area contributed by atoms with Gasteiger partial charge in [0.2, 0.25) is 5.75 Å². The van der Waals surface area contributed by atoms with E-state index in [1.807, 2.05) is 41.1 Å². The Morgan fingerprint density at radius 3 is 2.40 bits per heavy atom. The molecule has 0 saturated carbocycles. The number of nitrogens with zero attached hydrogens (tertiary/aromatic N) is 2. The zero-order valence-electron chi connectivity index (χ0n) is 17.1. The highest BCUT2D eigenvalue weighted by molar-refractivity contribution is 7.17. The number of hydrogen-bond acceptors (Lipinski definition) is 6. The monoisotopic (exact) mass is 423 g/mol. The molecule has 0 aliphatic carbocycles. The number of ether oxygens (including phenoxy) is 3. The number of carbonyl (C=O) groups excluding carboxylic acids is 1. The third kappa shape index (κ3) is 3.69. The fourth-order valence-electron chi connectivity index (χ4n) is 3.22. The molecule has 2 heterocycles. The average Bonchev–Trinajstić information content (AvgIpc) is 3.30. The predicted molar refractivity (Wildman–Crippen MR) is 117 cm³/mol. The van der Waals surface area contributed by atoms with Crippen LogP contribution in [0.15, 0.2) is 48.8 Å². The second-order valence-corrected chi connectivity index (χ2v) is 7.82. The van der Waals surface area contributed by atoms with Gasteiger partial charge < -0.3 is 19.5 Å². The second kappa shape index (κ2) is 8.08. The molecule has 0 fully saturated rings. The Kier molecular flexibility index (Phi) is 5.33. The number of rotatable bonds is 6. The zero-order chi connectivity index (χ0) is 21.3. The number of methoxy groups -OCH3 is 3. The summed E-state index contributed by atoms with van der Waals surface area (Å²) in [7, 11) is 4.55. The van der Waals surface area contributed by atoms with Crippen LogP contribution < -0.4 is 19.5 Å². The number of thiazole rings is 1. The van der Waals surface area contributed by atoms with E-state index in [4.69, 9.17) is 14.2 Å². The molecule has 2 aromatic carbocycles. The molecule has 4 rings (SSSR count). The fraction of sp³-hybridized carbons (Fsp3) is 0.182. The number of benzene rings is 2. The summed E-state index contributed by atoms with van der Waals surface area (Å²) in [6.07, 6.45) is 4.03. The lowest BCUT2D eigenvalue weighted by molar-refractivity contribution is 0.102. The lowest BCUT2D eigenvalue weighted by Crippen LogP contribution is -2.12. The Balaban J connectivity index is 1.61. The molecular weight excluding hydrogens is 402 g/mol. The molecule has 0 unspecified atom stereocenters. The lowest BCUT2D eigenvalue weighted by Gasteiger charge is -2.14. The van der Waals surface area contributed by atoms with Crippen LogP contribution in [0.3, 0.4) is 0 Å². The number of nitrogens with one attached hydrogen (secondary N) is 1. The topological polar surface area (TPSA) is 74.1 Å². The minimum absolute atomic E-state index is 0.284. The summed E-state index contributed by atoms with van der Waals surface area (Å²) < 4.78 is 18.0. The van der Waals surface area contributed by atoms with Gasteiger partial charge >= 0.3 is 0 Å². The Labute approximate surface area is 177 Å². The fourth-order valence-corrected chi connectivity index (χ4v) is 4.03. The Morgan fingerprint density at radius 2 is 1.77 bits per heavy atom. The Morgan fingerprint density at radius 1 is 1.03 bits per heavy atom. The van der Waals surface area contributed by atoms with Crippen LogP contribution in [0.5, 0.6) is 17.2 Å². The van der Waals surface area contributed by atoms with Crippen molar-refractivity contribution in [2.45, 2.75) is 6.92 Å². The number of fused-ring (bicyclic) bond motifs is 1. The molecule has 0 atom stereocenters. The summed E-state index contributed by atoms with van der Waals surface area (Å²) in [5.41, 5.74) is 2.84. The van der Waals surface area contributed by atoms with Crippen molar-refractivity contribution in [3.8, 4) is 28.5 Å². The lowest BCUT2D eigenvalue weighted by atomic mass is 10.1. The quantitative estimate of drug-likeness (QED) is 0.489. The summed E-state index contributed by atoms with van der Waals surface area (Å²) in [6.45, 7) is 2.05. The molecule has 0 radical (unpaired) electrons. The van der Waals surface area contributed by atoms with Gasteiger partial charge in [-0.2, -0.15) is 0 Å². The number of amides is 1. The van der Waals surface area contributed by atoms with E-state index in [2.05, 4.69) is 17.2 Å². The minimum Gasteiger partial charge on any atom is -0.493 e. The van der Waals surface area contributed by atoms with Gasteiger partial charge in [0.05, 0.1) is 27.0 Å². The maximum atomic E-state index is 12.9. The molecule has 1 N–H and O–H groups in total. The van der Waals surface area contributed by atoms with E-state index in [9.17, 15) is 4.79 Å². The van der Waals surface area contributed by atoms with Gasteiger partial charge in [-0.25, -0.2) is 4.98 Å². The highest BCUT2D eigenvalue weighted by Crippen LogP contribution is 2.38. The molecule has 2 aromatic heterocycles. The van der Waals surface area contributed by atoms with Crippen molar-refractivity contribution in [3.63, 3.8) is 0 Å². The SMILES string of the molecule is COc1cc(C(=O)Nc2cccc(-c3cn4cc(C)sc4n3)c2)cc(OC)c1OC. The average molecular weight is 423 g/mol. The van der Waals surface area contributed by atoms with Crippen LogP contribution in [0.1, 0.15) is 15.2 Å². The molecule has 0 bridgehead atoms. The number of carbonyl (C=O) groups is 1. The van der Waals surface area contributed by atoms with Gasteiger partial charge in [-0.1, -0.05) is 12.1 Å². The van der Waals surface area contributed by atoms with E-state index < -0.39 is 0 Å². The standard InChI is InChI=1S/C22H21N3O4S/c1-13-11-25-12-17(24-22(25)30-13)14-6-5-7-16(8-14)23-21(26)15-9-18(27-2)20(29-4)19(10-15)28-3/h5-12H,1-4H3,(H,23,26). The minimum atomic E-state index is -0.284. The van der Waals surface area contributed by atoms with Gasteiger partial charge in [0.15, 0.2) is 16.5 Å². The largest absolute Gasteiger partial charge is 0.493 e. The van der Waals surface area contributed by atoms with Crippen molar-refractivity contribution < 1.29 is 19.0 Å². The molecule has 1 amide bonds. The molecule has 7 nitrogen and oxygen atoms in total. The van der Waals surface area contributed by atoms with E-state index in [1.54, 1.807) is 23.5 Å². The van der Waals surface area contributed by atoms with Crippen LogP contribution in [0, 0.1) is 6.92 Å². The molecule has 154 valence electrons. The first-order valence-corrected chi connectivity index (χ1v) is 10.0. The van der Waals surface area contributed by atoms with Crippen LogP contribution >= 0.6 is 11.3 Å². The Bertz CT molecular complexity index is 1170. The summed E-state index contributed by atoms with van der Waals surface area (Å²) >= 11 is 1.64. The maximum Gasteiger partial charge on any atom is 0.255 e.